The van der Waals surface area contributed by atoms with E-state index >= 15 is 0 Å². The molecule has 3 aromatic rings. The summed E-state index contributed by atoms with van der Waals surface area (Å²) < 4.78 is 2.22. The molecule has 0 unspecified atom stereocenters. The fourth-order valence-corrected chi connectivity index (χ4v) is 4.35. The first-order valence-electron chi connectivity index (χ1n) is 9.82. The maximum absolute atomic E-state index is 12.1. The number of hydrazone groups is 1. The molecule has 0 atom stereocenters. The summed E-state index contributed by atoms with van der Waals surface area (Å²) in [7, 11) is 0. The number of carbonyl (C=O) groups excluding carboxylic acids is 1. The predicted octanol–water partition coefficient (Wildman–Crippen LogP) is 6.00. The third kappa shape index (κ3) is 5.55. The second-order valence-corrected chi connectivity index (χ2v) is 8.90. The van der Waals surface area contributed by atoms with Gasteiger partial charge in [0.05, 0.1) is 6.21 Å². The summed E-state index contributed by atoms with van der Waals surface area (Å²) in [4.78, 5) is 13.2. The molecule has 1 aromatic heterocycles. The van der Waals surface area contributed by atoms with E-state index in [0.29, 0.717) is 17.2 Å². The van der Waals surface area contributed by atoms with Gasteiger partial charge in [-0.1, -0.05) is 29.3 Å². The van der Waals surface area contributed by atoms with Crippen molar-refractivity contribution in [2.45, 2.75) is 39.0 Å². The topological polar surface area (TPSA) is 46.4 Å². The number of nitrogens with zero attached hydrogens (tertiary/aromatic N) is 2. The SMILES string of the molecule is Cc1ccc(-n2c(C)cc(/C=N/NC(=O)CCSc3ccc(Cl)cc3)c2C)c(C)c1. The number of rotatable bonds is 7. The number of aryl methyl sites for hydroxylation is 3. The maximum atomic E-state index is 12.1. The van der Waals surface area contributed by atoms with Crippen LogP contribution in [0.4, 0.5) is 0 Å². The molecule has 0 aliphatic heterocycles. The van der Waals surface area contributed by atoms with E-state index in [1.807, 2.05) is 24.3 Å². The molecule has 6 heteroatoms. The number of halogens is 1. The smallest absolute Gasteiger partial charge is 0.240 e. The van der Waals surface area contributed by atoms with Crippen LogP contribution < -0.4 is 5.43 Å². The van der Waals surface area contributed by atoms with Crippen molar-refractivity contribution in [2.75, 3.05) is 5.75 Å². The molecule has 0 bridgehead atoms. The third-order valence-electron chi connectivity index (χ3n) is 4.87. The van der Waals surface area contributed by atoms with Crippen molar-refractivity contribution in [3.63, 3.8) is 0 Å². The van der Waals surface area contributed by atoms with E-state index in [9.17, 15) is 4.79 Å². The predicted molar refractivity (Wildman–Crippen MR) is 127 cm³/mol. The summed E-state index contributed by atoms with van der Waals surface area (Å²) in [5.41, 5.74) is 9.48. The Morgan fingerprint density at radius 2 is 1.83 bits per heavy atom. The van der Waals surface area contributed by atoms with Gasteiger partial charge < -0.3 is 4.57 Å². The molecule has 0 spiro atoms. The minimum Gasteiger partial charge on any atom is -0.318 e. The molecule has 0 fully saturated rings. The number of hydrogen-bond donors (Lipinski definition) is 1. The standard InChI is InChI=1S/C24H26ClN3OS/c1-16-5-10-23(17(2)13-16)28-18(3)14-20(19(28)4)15-26-27-24(29)11-12-30-22-8-6-21(25)7-9-22/h5-10,13-15H,11-12H2,1-4H3,(H,27,29)/b26-15+. The van der Waals surface area contributed by atoms with Crippen molar-refractivity contribution in [2.24, 2.45) is 5.10 Å². The molecule has 0 saturated heterocycles. The van der Waals surface area contributed by atoms with Crippen molar-refractivity contribution >= 4 is 35.5 Å². The van der Waals surface area contributed by atoms with Gasteiger partial charge in [-0.3, -0.25) is 4.79 Å². The number of benzene rings is 2. The highest BCUT2D eigenvalue weighted by Gasteiger charge is 2.11. The fraction of sp³-hybridized carbons (Fsp3) is 0.250. The van der Waals surface area contributed by atoms with Gasteiger partial charge in [0.25, 0.3) is 0 Å². The van der Waals surface area contributed by atoms with Gasteiger partial charge in [0, 0.05) is 44.7 Å². The molecule has 3 rings (SSSR count). The van der Waals surface area contributed by atoms with Gasteiger partial charge in [0.1, 0.15) is 0 Å². The largest absolute Gasteiger partial charge is 0.318 e. The second-order valence-electron chi connectivity index (χ2n) is 7.30. The lowest BCUT2D eigenvalue weighted by atomic mass is 10.1. The first kappa shape index (κ1) is 22.2. The average Bonchev–Trinajstić information content (AvgIpc) is 2.97. The molecular weight excluding hydrogens is 414 g/mol. The van der Waals surface area contributed by atoms with Gasteiger partial charge in [-0.05, 0) is 69.7 Å². The normalized spacial score (nSPS) is 11.2. The van der Waals surface area contributed by atoms with Crippen molar-refractivity contribution in [1.82, 2.24) is 9.99 Å². The summed E-state index contributed by atoms with van der Waals surface area (Å²) in [6.07, 6.45) is 2.11. The zero-order chi connectivity index (χ0) is 21.7. The van der Waals surface area contributed by atoms with Gasteiger partial charge in [0.15, 0.2) is 0 Å². The Hall–Kier alpha value is -2.50. The maximum Gasteiger partial charge on any atom is 0.240 e. The molecule has 1 heterocycles. The molecule has 0 saturated carbocycles. The second kappa shape index (κ2) is 10.0. The lowest BCUT2D eigenvalue weighted by molar-refractivity contribution is -0.120. The first-order chi connectivity index (χ1) is 14.3. The van der Waals surface area contributed by atoms with Crippen LogP contribution in [0.15, 0.2) is 58.5 Å². The number of nitrogens with one attached hydrogen (secondary N) is 1. The highest BCUT2D eigenvalue weighted by Crippen LogP contribution is 2.23. The van der Waals surface area contributed by atoms with E-state index in [1.54, 1.807) is 18.0 Å². The van der Waals surface area contributed by atoms with Gasteiger partial charge in [-0.25, -0.2) is 5.43 Å². The third-order valence-corrected chi connectivity index (χ3v) is 6.13. The summed E-state index contributed by atoms with van der Waals surface area (Å²) in [6.45, 7) is 8.37. The Kier molecular flexibility index (Phi) is 7.40. The Balaban J connectivity index is 1.58. The van der Waals surface area contributed by atoms with Crippen LogP contribution in [0.25, 0.3) is 5.69 Å². The lowest BCUT2D eigenvalue weighted by Gasteiger charge is -2.13. The van der Waals surface area contributed by atoms with E-state index in [4.69, 9.17) is 11.6 Å². The monoisotopic (exact) mass is 439 g/mol. The molecule has 0 aliphatic rings. The highest BCUT2D eigenvalue weighted by molar-refractivity contribution is 7.99. The van der Waals surface area contributed by atoms with Crippen LogP contribution >= 0.6 is 23.4 Å². The van der Waals surface area contributed by atoms with Crippen molar-refractivity contribution < 1.29 is 4.79 Å². The Labute approximate surface area is 187 Å². The van der Waals surface area contributed by atoms with Crippen LogP contribution in [0.2, 0.25) is 5.02 Å². The number of amides is 1. The van der Waals surface area contributed by atoms with Gasteiger partial charge >= 0.3 is 0 Å². The number of hydrogen-bond acceptors (Lipinski definition) is 3. The van der Waals surface area contributed by atoms with Gasteiger partial charge in [0.2, 0.25) is 5.91 Å². The van der Waals surface area contributed by atoms with E-state index in [-0.39, 0.29) is 5.91 Å². The molecule has 0 aliphatic carbocycles. The molecular formula is C24H26ClN3OS. The highest BCUT2D eigenvalue weighted by atomic mass is 35.5. The molecule has 156 valence electrons. The summed E-state index contributed by atoms with van der Waals surface area (Å²) in [5.74, 6) is 0.584. The molecule has 0 radical (unpaired) electrons. The van der Waals surface area contributed by atoms with E-state index in [1.165, 1.54) is 16.8 Å². The van der Waals surface area contributed by atoms with E-state index in [0.717, 1.165) is 21.8 Å². The van der Waals surface area contributed by atoms with Crippen molar-refractivity contribution in [3.05, 3.63) is 81.6 Å². The van der Waals surface area contributed by atoms with Crippen LogP contribution in [-0.2, 0) is 4.79 Å². The van der Waals surface area contributed by atoms with Crippen LogP contribution in [0.3, 0.4) is 0 Å². The molecule has 1 N–H and O–H groups in total. The van der Waals surface area contributed by atoms with Gasteiger partial charge in [-0.2, -0.15) is 5.10 Å². The van der Waals surface area contributed by atoms with Crippen molar-refractivity contribution in [1.29, 1.82) is 0 Å². The minimum atomic E-state index is -0.101. The lowest BCUT2D eigenvalue weighted by Crippen LogP contribution is -2.17. The minimum absolute atomic E-state index is 0.101. The van der Waals surface area contributed by atoms with Crippen LogP contribution in [-0.4, -0.2) is 22.4 Å². The van der Waals surface area contributed by atoms with E-state index in [2.05, 4.69) is 67.1 Å². The number of carbonyl (C=O) groups is 1. The van der Waals surface area contributed by atoms with Crippen LogP contribution in [0.5, 0.6) is 0 Å². The van der Waals surface area contributed by atoms with Crippen molar-refractivity contribution in [3.8, 4) is 5.69 Å². The quantitative estimate of drug-likeness (QED) is 0.279. The molecule has 1 amide bonds. The number of aromatic nitrogens is 1. The van der Waals surface area contributed by atoms with Gasteiger partial charge in [-0.15, -0.1) is 11.8 Å². The zero-order valence-electron chi connectivity index (χ0n) is 17.7. The molecule has 2 aromatic carbocycles. The Morgan fingerprint density at radius 1 is 1.10 bits per heavy atom. The summed E-state index contributed by atoms with van der Waals surface area (Å²) >= 11 is 7.50. The average molecular weight is 440 g/mol. The first-order valence-corrected chi connectivity index (χ1v) is 11.2. The van der Waals surface area contributed by atoms with Crippen LogP contribution in [0, 0.1) is 27.7 Å². The summed E-state index contributed by atoms with van der Waals surface area (Å²) in [5, 5.41) is 4.87. The van der Waals surface area contributed by atoms with Crippen LogP contribution in [0.1, 0.15) is 34.5 Å². The number of thioether (sulfide) groups is 1. The summed E-state index contributed by atoms with van der Waals surface area (Å²) in [6, 6.07) is 16.1. The molecule has 4 nitrogen and oxygen atoms in total. The zero-order valence-corrected chi connectivity index (χ0v) is 19.3. The Bertz CT molecular complexity index is 1070. The van der Waals surface area contributed by atoms with E-state index < -0.39 is 0 Å². The fourth-order valence-electron chi connectivity index (χ4n) is 3.37. The molecule has 30 heavy (non-hydrogen) atoms. The Morgan fingerprint density at radius 3 is 2.53 bits per heavy atom.